The molecule has 0 rings (SSSR count). The van der Waals surface area contributed by atoms with Gasteiger partial charge in [0.2, 0.25) is 0 Å². The molecule has 3 heteroatoms. The van der Waals surface area contributed by atoms with Crippen molar-refractivity contribution in [1.29, 1.82) is 0 Å². The SMILES string of the molecule is C[C@H]([NH+]([O-])O)C(C)(C)C. The predicted octanol–water partition coefficient (Wildman–Crippen LogP) is 0.193. The van der Waals surface area contributed by atoms with Crippen molar-refractivity contribution in [2.24, 2.45) is 5.41 Å². The van der Waals surface area contributed by atoms with Gasteiger partial charge in [-0.15, -0.1) is 0 Å². The number of rotatable bonds is 1. The molecule has 2 atom stereocenters. The molecule has 0 aliphatic heterocycles. The number of quaternary nitrogens is 1. The van der Waals surface area contributed by atoms with Crippen LogP contribution in [0.3, 0.4) is 0 Å². The lowest BCUT2D eigenvalue weighted by Crippen LogP contribution is -3.10. The largest absolute Gasteiger partial charge is 0.600 e. The molecule has 0 saturated heterocycles. The van der Waals surface area contributed by atoms with Crippen molar-refractivity contribution in [1.82, 2.24) is 0 Å². The molecule has 0 spiro atoms. The summed E-state index contributed by atoms with van der Waals surface area (Å²) in [4.78, 5) is 0. The van der Waals surface area contributed by atoms with E-state index in [-0.39, 0.29) is 11.5 Å². The van der Waals surface area contributed by atoms with Gasteiger partial charge in [-0.2, -0.15) is 0 Å². The minimum atomic E-state index is -0.720. The highest BCUT2D eigenvalue weighted by atomic mass is 16.8. The normalized spacial score (nSPS) is 19.3. The van der Waals surface area contributed by atoms with Crippen molar-refractivity contribution in [3.63, 3.8) is 0 Å². The van der Waals surface area contributed by atoms with E-state index in [4.69, 9.17) is 5.21 Å². The molecule has 0 fully saturated rings. The Hall–Kier alpha value is -0.120. The van der Waals surface area contributed by atoms with E-state index in [2.05, 4.69) is 0 Å². The Kier molecular flexibility index (Phi) is 2.61. The van der Waals surface area contributed by atoms with Crippen LogP contribution < -0.4 is 5.23 Å². The predicted molar refractivity (Wildman–Crippen MR) is 35.0 cm³/mol. The topological polar surface area (TPSA) is 47.7 Å². The monoisotopic (exact) mass is 133 g/mol. The second-order valence-electron chi connectivity index (χ2n) is 3.43. The first-order chi connectivity index (χ1) is 3.85. The van der Waals surface area contributed by atoms with Crippen LogP contribution in [0.4, 0.5) is 0 Å². The van der Waals surface area contributed by atoms with Crippen LogP contribution in [0.5, 0.6) is 0 Å². The first-order valence-corrected chi connectivity index (χ1v) is 3.08. The minimum absolute atomic E-state index is 0.119. The van der Waals surface area contributed by atoms with Crippen LogP contribution in [0.15, 0.2) is 0 Å². The summed E-state index contributed by atoms with van der Waals surface area (Å²) in [6.45, 7) is 7.49. The second kappa shape index (κ2) is 2.64. The molecule has 0 aromatic rings. The maximum atomic E-state index is 10.3. The van der Waals surface area contributed by atoms with Crippen molar-refractivity contribution < 1.29 is 10.4 Å². The van der Waals surface area contributed by atoms with Crippen LogP contribution in [0.2, 0.25) is 0 Å². The molecule has 0 radical (unpaired) electrons. The zero-order valence-electron chi connectivity index (χ0n) is 6.43. The van der Waals surface area contributed by atoms with Gasteiger partial charge in [0, 0.05) is 5.41 Å². The molecular formula is C6H15NO2. The van der Waals surface area contributed by atoms with Crippen molar-refractivity contribution in [3.05, 3.63) is 5.21 Å². The number of hydrogen-bond acceptors (Lipinski definition) is 2. The summed E-state index contributed by atoms with van der Waals surface area (Å²) in [6, 6.07) is -0.266. The van der Waals surface area contributed by atoms with Crippen LogP contribution in [-0.2, 0) is 0 Å². The van der Waals surface area contributed by atoms with E-state index in [1.807, 2.05) is 20.8 Å². The molecular weight excluding hydrogens is 118 g/mol. The molecule has 3 nitrogen and oxygen atoms in total. The minimum Gasteiger partial charge on any atom is -0.600 e. The van der Waals surface area contributed by atoms with Gasteiger partial charge in [0.15, 0.2) is 0 Å². The average molecular weight is 133 g/mol. The van der Waals surface area contributed by atoms with E-state index in [9.17, 15) is 5.21 Å². The molecule has 56 valence electrons. The molecule has 2 N–H and O–H groups in total. The molecule has 0 aliphatic rings. The standard InChI is InChI=1S/C6H15NO2/c1-5(7(8)9)6(2,3)4/h5,7-8H,1-4H3/t5-/m0/s1. The number of nitrogens with one attached hydrogen (secondary N) is 1. The highest BCUT2D eigenvalue weighted by molar-refractivity contribution is 4.67. The lowest BCUT2D eigenvalue weighted by Gasteiger charge is -2.31. The van der Waals surface area contributed by atoms with E-state index < -0.39 is 5.23 Å². The number of hydrogen-bond donors (Lipinski definition) is 2. The molecule has 9 heavy (non-hydrogen) atoms. The Labute approximate surface area is 55.8 Å². The molecule has 0 aromatic heterocycles. The highest BCUT2D eigenvalue weighted by Gasteiger charge is 2.24. The summed E-state index contributed by atoms with van der Waals surface area (Å²) >= 11 is 0. The Morgan fingerprint density at radius 3 is 1.78 bits per heavy atom. The summed E-state index contributed by atoms with van der Waals surface area (Å²) in [7, 11) is 0. The van der Waals surface area contributed by atoms with Gasteiger partial charge in [-0.05, 0) is 6.92 Å². The summed E-state index contributed by atoms with van der Waals surface area (Å²) < 4.78 is 0. The third-order valence-corrected chi connectivity index (χ3v) is 1.67. The molecule has 0 aliphatic carbocycles. The van der Waals surface area contributed by atoms with Gasteiger partial charge in [-0.3, -0.25) is 0 Å². The summed E-state index contributed by atoms with van der Waals surface area (Å²) in [5.41, 5.74) is -0.119. The lowest BCUT2D eigenvalue weighted by atomic mass is 9.88. The quantitative estimate of drug-likeness (QED) is 0.502. The molecule has 0 amide bonds. The van der Waals surface area contributed by atoms with Crippen LogP contribution in [-0.4, -0.2) is 11.2 Å². The van der Waals surface area contributed by atoms with Crippen molar-refractivity contribution in [3.8, 4) is 0 Å². The molecule has 0 bridgehead atoms. The fourth-order valence-corrected chi connectivity index (χ4v) is 0.370. The smallest absolute Gasteiger partial charge is 0.119 e. The molecule has 0 saturated carbocycles. The van der Waals surface area contributed by atoms with Gasteiger partial charge in [0.25, 0.3) is 0 Å². The molecule has 1 unspecified atom stereocenters. The van der Waals surface area contributed by atoms with Crippen LogP contribution in [0, 0.1) is 10.6 Å². The van der Waals surface area contributed by atoms with Gasteiger partial charge in [0.1, 0.15) is 6.04 Å². The zero-order chi connectivity index (χ0) is 7.65. The zero-order valence-corrected chi connectivity index (χ0v) is 6.43. The summed E-state index contributed by atoms with van der Waals surface area (Å²) in [5, 5.41) is 18.1. The van der Waals surface area contributed by atoms with Crippen molar-refractivity contribution in [2.75, 3.05) is 0 Å². The fraction of sp³-hybridized carbons (Fsp3) is 1.00. The second-order valence-corrected chi connectivity index (χ2v) is 3.43. The first kappa shape index (κ1) is 8.88. The first-order valence-electron chi connectivity index (χ1n) is 3.08. The van der Waals surface area contributed by atoms with Crippen LogP contribution >= 0.6 is 0 Å². The summed E-state index contributed by atoms with van der Waals surface area (Å²) in [6.07, 6.45) is 0. The Balaban J connectivity index is 3.88. The van der Waals surface area contributed by atoms with Gasteiger partial charge >= 0.3 is 0 Å². The van der Waals surface area contributed by atoms with Gasteiger partial charge in [-0.25, -0.2) is 10.4 Å². The third-order valence-electron chi connectivity index (χ3n) is 1.67. The fourth-order valence-electron chi connectivity index (χ4n) is 0.370. The summed E-state index contributed by atoms with van der Waals surface area (Å²) in [5.74, 6) is 0. The Morgan fingerprint density at radius 2 is 1.78 bits per heavy atom. The van der Waals surface area contributed by atoms with E-state index in [1.54, 1.807) is 6.92 Å². The Morgan fingerprint density at radius 1 is 1.44 bits per heavy atom. The average Bonchev–Trinajstić information content (AvgIpc) is 1.62. The van der Waals surface area contributed by atoms with Crippen molar-refractivity contribution in [2.45, 2.75) is 33.7 Å². The van der Waals surface area contributed by atoms with E-state index in [1.165, 1.54) is 0 Å². The molecule has 0 aromatic carbocycles. The Bertz CT molecular complexity index is 85.5. The van der Waals surface area contributed by atoms with E-state index in [0.29, 0.717) is 0 Å². The van der Waals surface area contributed by atoms with Crippen LogP contribution in [0.25, 0.3) is 0 Å². The van der Waals surface area contributed by atoms with Crippen molar-refractivity contribution >= 4 is 0 Å². The highest BCUT2D eigenvalue weighted by Crippen LogP contribution is 2.15. The third kappa shape index (κ3) is 2.79. The van der Waals surface area contributed by atoms with Crippen LogP contribution in [0.1, 0.15) is 27.7 Å². The van der Waals surface area contributed by atoms with Gasteiger partial charge in [-0.1, -0.05) is 20.8 Å². The van der Waals surface area contributed by atoms with Gasteiger partial charge in [0.05, 0.1) is 0 Å². The number of hydroxylamine groups is 2. The molecule has 0 heterocycles. The maximum absolute atomic E-state index is 10.3. The lowest BCUT2D eigenvalue weighted by molar-refractivity contribution is -1.07. The van der Waals surface area contributed by atoms with Gasteiger partial charge < -0.3 is 5.21 Å². The van der Waals surface area contributed by atoms with E-state index >= 15 is 0 Å². The maximum Gasteiger partial charge on any atom is 0.119 e. The van der Waals surface area contributed by atoms with E-state index in [0.717, 1.165) is 0 Å².